The van der Waals surface area contributed by atoms with Gasteiger partial charge in [0.2, 0.25) is 0 Å². The van der Waals surface area contributed by atoms with Gasteiger partial charge in [0.15, 0.2) is 0 Å². The van der Waals surface area contributed by atoms with Gasteiger partial charge in [0.05, 0.1) is 0 Å². The lowest BCUT2D eigenvalue weighted by Gasteiger charge is -2.16. The van der Waals surface area contributed by atoms with Crippen molar-refractivity contribution in [2.75, 3.05) is 6.54 Å². The minimum Gasteiger partial charge on any atom is -0.330 e. The van der Waals surface area contributed by atoms with Crippen LogP contribution in [0.15, 0.2) is 22.7 Å². The summed E-state index contributed by atoms with van der Waals surface area (Å²) in [5.74, 6) is -2.82. The van der Waals surface area contributed by atoms with Crippen molar-refractivity contribution in [2.45, 2.75) is 19.3 Å². The molecule has 1 rings (SSSR count). The molecule has 0 saturated heterocycles. The molecule has 0 fully saturated rings. The molecule has 0 unspecified atom stereocenters. The molecule has 1 aromatic carbocycles. The molecule has 14 heavy (non-hydrogen) atoms. The standard InChI is InChI=1S/C10H12BrF2N/c1-7-6-8(2-3-9(7)11)10(12,13)4-5-14/h2-3,6H,4-5,14H2,1H3. The third-order valence-corrected chi connectivity index (χ3v) is 2.93. The Kier molecular flexibility index (Phi) is 3.61. The summed E-state index contributed by atoms with van der Waals surface area (Å²) in [6.45, 7) is 1.77. The first kappa shape index (κ1) is 11.6. The van der Waals surface area contributed by atoms with Crippen LogP contribution in [0, 0.1) is 6.92 Å². The van der Waals surface area contributed by atoms with E-state index >= 15 is 0 Å². The molecule has 0 aliphatic carbocycles. The van der Waals surface area contributed by atoms with Gasteiger partial charge in [-0.15, -0.1) is 0 Å². The van der Waals surface area contributed by atoms with Crippen molar-refractivity contribution in [1.29, 1.82) is 0 Å². The van der Waals surface area contributed by atoms with Gasteiger partial charge in [0.1, 0.15) is 0 Å². The molecule has 0 aliphatic heterocycles. The van der Waals surface area contributed by atoms with Crippen molar-refractivity contribution in [3.8, 4) is 0 Å². The molecule has 0 aromatic heterocycles. The fourth-order valence-electron chi connectivity index (χ4n) is 1.20. The van der Waals surface area contributed by atoms with Gasteiger partial charge in [-0.3, -0.25) is 0 Å². The first-order valence-electron chi connectivity index (χ1n) is 4.32. The summed E-state index contributed by atoms with van der Waals surface area (Å²) in [4.78, 5) is 0. The second kappa shape index (κ2) is 4.36. The molecule has 1 aromatic rings. The zero-order valence-corrected chi connectivity index (χ0v) is 9.44. The number of benzene rings is 1. The van der Waals surface area contributed by atoms with Gasteiger partial charge in [-0.05, 0) is 31.2 Å². The highest BCUT2D eigenvalue weighted by Crippen LogP contribution is 2.32. The fraction of sp³-hybridized carbons (Fsp3) is 0.400. The van der Waals surface area contributed by atoms with Crippen LogP contribution in [-0.2, 0) is 5.92 Å². The molecule has 2 N–H and O–H groups in total. The van der Waals surface area contributed by atoms with Crippen LogP contribution in [0.5, 0.6) is 0 Å². The molecule has 0 aliphatic rings. The van der Waals surface area contributed by atoms with Crippen molar-refractivity contribution in [3.63, 3.8) is 0 Å². The van der Waals surface area contributed by atoms with Gasteiger partial charge in [0, 0.05) is 16.5 Å². The molecule has 0 bridgehead atoms. The highest BCUT2D eigenvalue weighted by atomic mass is 79.9. The molecule has 0 radical (unpaired) electrons. The van der Waals surface area contributed by atoms with Crippen LogP contribution >= 0.6 is 15.9 Å². The third-order valence-electron chi connectivity index (χ3n) is 2.04. The van der Waals surface area contributed by atoms with E-state index in [9.17, 15) is 8.78 Å². The largest absolute Gasteiger partial charge is 0.330 e. The minimum absolute atomic E-state index is 0.0118. The van der Waals surface area contributed by atoms with Crippen LogP contribution in [0.2, 0.25) is 0 Å². The summed E-state index contributed by atoms with van der Waals surface area (Å²) in [7, 11) is 0. The van der Waals surface area contributed by atoms with Crippen LogP contribution in [0.1, 0.15) is 17.5 Å². The van der Waals surface area contributed by atoms with E-state index in [1.807, 2.05) is 0 Å². The molecule has 4 heteroatoms. The Morgan fingerprint density at radius 2 is 2.07 bits per heavy atom. The predicted molar refractivity (Wildman–Crippen MR) is 56.4 cm³/mol. The molecule has 1 nitrogen and oxygen atoms in total. The van der Waals surface area contributed by atoms with Crippen molar-refractivity contribution in [3.05, 3.63) is 33.8 Å². The van der Waals surface area contributed by atoms with E-state index in [1.165, 1.54) is 12.1 Å². The third kappa shape index (κ3) is 2.51. The maximum atomic E-state index is 13.4. The van der Waals surface area contributed by atoms with Crippen LogP contribution in [0.25, 0.3) is 0 Å². The Hall–Kier alpha value is -0.480. The van der Waals surface area contributed by atoms with Crippen molar-refractivity contribution < 1.29 is 8.78 Å². The van der Waals surface area contributed by atoms with E-state index in [4.69, 9.17) is 5.73 Å². The van der Waals surface area contributed by atoms with Crippen LogP contribution in [-0.4, -0.2) is 6.54 Å². The smallest absolute Gasteiger partial charge is 0.274 e. The molecule has 0 spiro atoms. The summed E-state index contributed by atoms with van der Waals surface area (Å²) in [5, 5.41) is 0. The van der Waals surface area contributed by atoms with Gasteiger partial charge in [-0.1, -0.05) is 22.0 Å². The quantitative estimate of drug-likeness (QED) is 0.891. The number of halogens is 3. The van der Waals surface area contributed by atoms with Gasteiger partial charge in [-0.2, -0.15) is 0 Å². The van der Waals surface area contributed by atoms with Gasteiger partial charge >= 0.3 is 0 Å². The lowest BCUT2D eigenvalue weighted by atomic mass is 10.0. The average molecular weight is 264 g/mol. The Bertz CT molecular complexity index is 326. The zero-order chi connectivity index (χ0) is 10.8. The summed E-state index contributed by atoms with van der Waals surface area (Å²) in [6, 6.07) is 4.54. The monoisotopic (exact) mass is 263 g/mol. The highest BCUT2D eigenvalue weighted by Gasteiger charge is 2.30. The molecule has 0 amide bonds. The number of hydrogen-bond donors (Lipinski definition) is 1. The van der Waals surface area contributed by atoms with Crippen LogP contribution in [0.3, 0.4) is 0 Å². The Labute approximate surface area is 90.4 Å². The van der Waals surface area contributed by atoms with Gasteiger partial charge < -0.3 is 5.73 Å². The SMILES string of the molecule is Cc1cc(C(F)(F)CCN)ccc1Br. The number of nitrogens with two attached hydrogens (primary N) is 1. The Morgan fingerprint density at radius 1 is 1.43 bits per heavy atom. The predicted octanol–water partition coefficient (Wildman–Crippen LogP) is 3.20. The fourth-order valence-corrected chi connectivity index (χ4v) is 1.44. The summed E-state index contributed by atoms with van der Waals surface area (Å²) in [6.07, 6.45) is -0.311. The average Bonchev–Trinajstić information content (AvgIpc) is 2.09. The summed E-state index contributed by atoms with van der Waals surface area (Å²) in [5.41, 5.74) is 5.97. The van der Waals surface area contributed by atoms with E-state index in [0.29, 0.717) is 0 Å². The second-order valence-corrected chi connectivity index (χ2v) is 4.06. The van der Waals surface area contributed by atoms with Crippen LogP contribution < -0.4 is 5.73 Å². The number of alkyl halides is 2. The highest BCUT2D eigenvalue weighted by molar-refractivity contribution is 9.10. The lowest BCUT2D eigenvalue weighted by Crippen LogP contribution is -2.18. The number of hydrogen-bond acceptors (Lipinski definition) is 1. The zero-order valence-electron chi connectivity index (χ0n) is 7.86. The minimum atomic E-state index is -2.82. The second-order valence-electron chi connectivity index (χ2n) is 3.21. The van der Waals surface area contributed by atoms with E-state index in [2.05, 4.69) is 15.9 Å². The van der Waals surface area contributed by atoms with Crippen molar-refractivity contribution in [1.82, 2.24) is 0 Å². The van der Waals surface area contributed by atoms with Crippen molar-refractivity contribution in [2.24, 2.45) is 5.73 Å². The summed E-state index contributed by atoms with van der Waals surface area (Å²) >= 11 is 3.27. The van der Waals surface area contributed by atoms with Gasteiger partial charge in [0.25, 0.3) is 5.92 Å². The van der Waals surface area contributed by atoms with E-state index < -0.39 is 5.92 Å². The number of rotatable bonds is 3. The molecule has 0 atom stereocenters. The number of aryl methyl sites for hydroxylation is 1. The van der Waals surface area contributed by atoms with E-state index in [0.717, 1.165) is 10.0 Å². The molecular formula is C10H12BrF2N. The van der Waals surface area contributed by atoms with Gasteiger partial charge in [-0.25, -0.2) is 8.78 Å². The molecule has 0 saturated carbocycles. The normalized spacial score (nSPS) is 11.8. The maximum Gasteiger partial charge on any atom is 0.274 e. The lowest BCUT2D eigenvalue weighted by molar-refractivity contribution is -0.0107. The van der Waals surface area contributed by atoms with E-state index in [-0.39, 0.29) is 18.5 Å². The van der Waals surface area contributed by atoms with Crippen molar-refractivity contribution >= 4 is 15.9 Å². The molecular weight excluding hydrogens is 252 g/mol. The maximum absolute atomic E-state index is 13.4. The Morgan fingerprint density at radius 3 is 2.57 bits per heavy atom. The molecule has 78 valence electrons. The first-order chi connectivity index (χ1) is 6.47. The van der Waals surface area contributed by atoms with E-state index in [1.54, 1.807) is 13.0 Å². The first-order valence-corrected chi connectivity index (χ1v) is 5.11. The van der Waals surface area contributed by atoms with Crippen LogP contribution in [0.4, 0.5) is 8.78 Å². The molecule has 0 heterocycles. The topological polar surface area (TPSA) is 26.0 Å². The Balaban J connectivity index is 3.01. The summed E-state index contributed by atoms with van der Waals surface area (Å²) < 4.78 is 27.6.